The van der Waals surface area contributed by atoms with Crippen molar-refractivity contribution in [3.05, 3.63) is 47.5 Å². The zero-order valence-electron chi connectivity index (χ0n) is 12.2. The summed E-state index contributed by atoms with van der Waals surface area (Å²) in [6.45, 7) is 3.08. The summed E-state index contributed by atoms with van der Waals surface area (Å²) in [5.41, 5.74) is 1.63. The van der Waals surface area contributed by atoms with Crippen molar-refractivity contribution in [3.8, 4) is 5.75 Å². The summed E-state index contributed by atoms with van der Waals surface area (Å²) in [6.07, 6.45) is 1.52. The van der Waals surface area contributed by atoms with Crippen molar-refractivity contribution in [1.29, 1.82) is 0 Å². The number of carboxylic acids is 1. The fourth-order valence-corrected chi connectivity index (χ4v) is 1.78. The molecule has 1 heterocycles. The molecule has 1 amide bonds. The van der Waals surface area contributed by atoms with Crippen LogP contribution in [0.25, 0.3) is 0 Å². The molecule has 0 saturated heterocycles. The predicted molar refractivity (Wildman–Crippen MR) is 79.0 cm³/mol. The third kappa shape index (κ3) is 4.02. The Kier molecular flexibility index (Phi) is 4.67. The molecular formula is C15H15N3O4. The monoisotopic (exact) mass is 301 g/mol. The number of aryl methyl sites for hydroxylation is 2. The van der Waals surface area contributed by atoms with E-state index in [9.17, 15) is 9.59 Å². The number of hydrogen-bond donors (Lipinski definition) is 2. The molecule has 22 heavy (non-hydrogen) atoms. The van der Waals surface area contributed by atoms with Crippen LogP contribution < -0.4 is 10.1 Å². The van der Waals surface area contributed by atoms with Crippen LogP contribution in [0, 0.1) is 13.8 Å². The number of hydrogen-bond acceptors (Lipinski definition) is 5. The maximum Gasteiger partial charge on any atom is 0.341 e. The minimum atomic E-state index is -1.05. The van der Waals surface area contributed by atoms with Gasteiger partial charge in [-0.05, 0) is 43.7 Å². The highest BCUT2D eigenvalue weighted by molar-refractivity contribution is 6.03. The van der Waals surface area contributed by atoms with Gasteiger partial charge in [0, 0.05) is 11.9 Å². The second-order valence-electron chi connectivity index (χ2n) is 4.60. The van der Waals surface area contributed by atoms with Crippen LogP contribution in [-0.2, 0) is 4.79 Å². The standard InChI is InChI=1S/C15H15N3O4/c1-9-7-11(22-8-14(19)20)3-4-12(9)18-15(21)13-5-6-16-10(2)17-13/h3-7H,8H2,1-2H3,(H,18,21)(H,19,20). The number of amides is 1. The molecule has 0 spiro atoms. The zero-order chi connectivity index (χ0) is 16.1. The van der Waals surface area contributed by atoms with Crippen molar-refractivity contribution in [3.63, 3.8) is 0 Å². The van der Waals surface area contributed by atoms with Crippen molar-refractivity contribution in [2.24, 2.45) is 0 Å². The summed E-state index contributed by atoms with van der Waals surface area (Å²) >= 11 is 0. The first-order valence-electron chi connectivity index (χ1n) is 6.52. The maximum absolute atomic E-state index is 12.1. The summed E-state index contributed by atoms with van der Waals surface area (Å²) in [4.78, 5) is 30.6. The largest absolute Gasteiger partial charge is 0.482 e. The number of aromatic nitrogens is 2. The molecule has 0 unspecified atom stereocenters. The number of carboxylic acid groups (broad SMARTS) is 1. The Morgan fingerprint density at radius 3 is 2.68 bits per heavy atom. The van der Waals surface area contributed by atoms with Gasteiger partial charge in [-0.2, -0.15) is 0 Å². The summed E-state index contributed by atoms with van der Waals surface area (Å²) in [6, 6.07) is 6.43. The summed E-state index contributed by atoms with van der Waals surface area (Å²) in [5, 5.41) is 11.3. The number of ether oxygens (including phenoxy) is 1. The topological polar surface area (TPSA) is 101 Å². The van der Waals surface area contributed by atoms with Gasteiger partial charge in [0.05, 0.1) is 0 Å². The maximum atomic E-state index is 12.1. The molecule has 0 aliphatic carbocycles. The van der Waals surface area contributed by atoms with Crippen LogP contribution in [-0.4, -0.2) is 33.6 Å². The lowest BCUT2D eigenvalue weighted by atomic mass is 10.2. The van der Waals surface area contributed by atoms with Crippen molar-refractivity contribution in [2.45, 2.75) is 13.8 Å². The van der Waals surface area contributed by atoms with Gasteiger partial charge in [-0.25, -0.2) is 14.8 Å². The van der Waals surface area contributed by atoms with Gasteiger partial charge in [0.25, 0.3) is 5.91 Å². The van der Waals surface area contributed by atoms with Gasteiger partial charge in [0.1, 0.15) is 17.3 Å². The lowest BCUT2D eigenvalue weighted by Crippen LogP contribution is -2.15. The molecule has 0 fully saturated rings. The first-order chi connectivity index (χ1) is 10.5. The normalized spacial score (nSPS) is 10.1. The van der Waals surface area contributed by atoms with Gasteiger partial charge in [-0.15, -0.1) is 0 Å². The third-order valence-electron chi connectivity index (χ3n) is 2.82. The Balaban J connectivity index is 2.09. The molecule has 1 aromatic heterocycles. The molecule has 0 saturated carbocycles. The molecule has 2 aromatic rings. The van der Waals surface area contributed by atoms with Gasteiger partial charge in [0.15, 0.2) is 6.61 Å². The molecule has 114 valence electrons. The predicted octanol–water partition coefficient (Wildman–Crippen LogP) is 1.81. The highest BCUT2D eigenvalue weighted by atomic mass is 16.5. The van der Waals surface area contributed by atoms with E-state index < -0.39 is 12.6 Å². The average molecular weight is 301 g/mol. The molecule has 0 aliphatic heterocycles. The molecule has 2 N–H and O–H groups in total. The van der Waals surface area contributed by atoms with Gasteiger partial charge in [-0.3, -0.25) is 4.79 Å². The van der Waals surface area contributed by atoms with Crippen molar-refractivity contribution in [1.82, 2.24) is 9.97 Å². The molecule has 2 rings (SSSR count). The number of aliphatic carboxylic acids is 1. The highest BCUT2D eigenvalue weighted by Crippen LogP contribution is 2.21. The number of rotatable bonds is 5. The summed E-state index contributed by atoms with van der Waals surface area (Å²) < 4.78 is 5.08. The van der Waals surface area contributed by atoms with Gasteiger partial charge < -0.3 is 15.2 Å². The Bertz CT molecular complexity index is 716. The molecular weight excluding hydrogens is 286 g/mol. The molecule has 0 aliphatic rings. The molecule has 7 nitrogen and oxygen atoms in total. The van der Waals surface area contributed by atoms with E-state index in [1.807, 2.05) is 0 Å². The number of anilines is 1. The van der Waals surface area contributed by atoms with E-state index in [-0.39, 0.29) is 11.6 Å². The van der Waals surface area contributed by atoms with E-state index in [0.29, 0.717) is 17.3 Å². The smallest absolute Gasteiger partial charge is 0.341 e. The van der Waals surface area contributed by atoms with Crippen molar-refractivity contribution in [2.75, 3.05) is 11.9 Å². The quantitative estimate of drug-likeness (QED) is 0.873. The number of nitrogens with zero attached hydrogens (tertiary/aromatic N) is 2. The number of carbonyl (C=O) groups is 2. The van der Waals surface area contributed by atoms with Crippen LogP contribution in [0.3, 0.4) is 0 Å². The van der Waals surface area contributed by atoms with Crippen LogP contribution in [0.15, 0.2) is 30.5 Å². The Morgan fingerprint density at radius 1 is 1.27 bits per heavy atom. The first kappa shape index (κ1) is 15.4. The van der Waals surface area contributed by atoms with Crippen LogP contribution in [0.5, 0.6) is 5.75 Å². The summed E-state index contributed by atoms with van der Waals surface area (Å²) in [5.74, 6) is -0.445. The van der Waals surface area contributed by atoms with Gasteiger partial charge in [-0.1, -0.05) is 0 Å². The van der Waals surface area contributed by atoms with Crippen molar-refractivity contribution < 1.29 is 19.4 Å². The van der Waals surface area contributed by atoms with Gasteiger partial charge in [0.2, 0.25) is 0 Å². The lowest BCUT2D eigenvalue weighted by molar-refractivity contribution is -0.139. The first-order valence-corrected chi connectivity index (χ1v) is 6.52. The fourth-order valence-electron chi connectivity index (χ4n) is 1.78. The Labute approximate surface area is 127 Å². The van der Waals surface area contributed by atoms with Crippen LogP contribution in [0.2, 0.25) is 0 Å². The minimum Gasteiger partial charge on any atom is -0.482 e. The molecule has 0 atom stereocenters. The SMILES string of the molecule is Cc1nccc(C(=O)Nc2ccc(OCC(=O)O)cc2C)n1. The van der Waals surface area contributed by atoms with E-state index in [1.165, 1.54) is 12.3 Å². The van der Waals surface area contributed by atoms with E-state index >= 15 is 0 Å². The number of carbonyl (C=O) groups excluding carboxylic acids is 1. The fraction of sp³-hybridized carbons (Fsp3) is 0.200. The minimum absolute atomic E-state index is 0.276. The Morgan fingerprint density at radius 2 is 2.05 bits per heavy atom. The van der Waals surface area contributed by atoms with Gasteiger partial charge >= 0.3 is 5.97 Å². The van der Waals surface area contributed by atoms with Crippen molar-refractivity contribution >= 4 is 17.6 Å². The number of nitrogens with one attached hydrogen (secondary N) is 1. The molecule has 7 heteroatoms. The van der Waals surface area contributed by atoms with E-state index in [0.717, 1.165) is 5.56 Å². The molecule has 0 bridgehead atoms. The van der Waals surface area contributed by atoms with Crippen LogP contribution >= 0.6 is 0 Å². The number of benzene rings is 1. The molecule has 0 radical (unpaired) electrons. The van der Waals surface area contributed by atoms with E-state index in [1.54, 1.807) is 32.0 Å². The Hall–Kier alpha value is -2.96. The average Bonchev–Trinajstić information content (AvgIpc) is 2.47. The zero-order valence-corrected chi connectivity index (χ0v) is 12.2. The molecule has 1 aromatic carbocycles. The summed E-state index contributed by atoms with van der Waals surface area (Å²) in [7, 11) is 0. The van der Waals surface area contributed by atoms with E-state index in [4.69, 9.17) is 9.84 Å². The lowest BCUT2D eigenvalue weighted by Gasteiger charge is -2.10. The third-order valence-corrected chi connectivity index (χ3v) is 2.82. The van der Waals surface area contributed by atoms with Crippen LogP contribution in [0.4, 0.5) is 5.69 Å². The highest BCUT2D eigenvalue weighted by Gasteiger charge is 2.10. The second-order valence-corrected chi connectivity index (χ2v) is 4.60. The van der Waals surface area contributed by atoms with E-state index in [2.05, 4.69) is 15.3 Å². The van der Waals surface area contributed by atoms with Crippen LogP contribution in [0.1, 0.15) is 21.9 Å². The second kappa shape index (κ2) is 6.66.